The Labute approximate surface area is 201 Å². The van der Waals surface area contributed by atoms with E-state index in [0.717, 1.165) is 18.2 Å². The van der Waals surface area contributed by atoms with E-state index < -0.39 is 51.7 Å². The Balaban J connectivity index is 1.85. The van der Waals surface area contributed by atoms with Gasteiger partial charge in [0.05, 0.1) is 39.4 Å². The van der Waals surface area contributed by atoms with Crippen molar-refractivity contribution in [1.82, 2.24) is 9.78 Å². The molecule has 1 aromatic heterocycles. The summed E-state index contributed by atoms with van der Waals surface area (Å²) in [6.07, 6.45) is -3.68. The van der Waals surface area contributed by atoms with Crippen LogP contribution in [0.2, 0.25) is 5.02 Å². The Morgan fingerprint density at radius 2 is 1.91 bits per heavy atom. The lowest BCUT2D eigenvalue weighted by atomic mass is 9.86. The number of alkyl halides is 3. The maximum atomic E-state index is 14.9. The molecule has 4 rings (SSSR count). The number of benzene rings is 2. The molecular formula is C24H17ClF4N2O4. The van der Waals surface area contributed by atoms with Crippen LogP contribution in [0.3, 0.4) is 0 Å². The third-order valence-corrected chi connectivity index (χ3v) is 5.93. The van der Waals surface area contributed by atoms with Crippen molar-refractivity contribution in [2.75, 3.05) is 6.61 Å². The number of fused-ring (bicyclic) bond motifs is 1. The van der Waals surface area contributed by atoms with Crippen LogP contribution in [-0.2, 0) is 20.5 Å². The van der Waals surface area contributed by atoms with Gasteiger partial charge in [-0.1, -0.05) is 29.8 Å². The molecule has 0 bridgehead atoms. The summed E-state index contributed by atoms with van der Waals surface area (Å²) in [5.74, 6) is -4.17. The van der Waals surface area contributed by atoms with Crippen LogP contribution in [0.5, 0.6) is 0 Å². The number of carbonyl (C=O) groups excluding carboxylic acids is 3. The molecule has 6 nitrogen and oxygen atoms in total. The van der Waals surface area contributed by atoms with Gasteiger partial charge in [-0.2, -0.15) is 23.0 Å². The van der Waals surface area contributed by atoms with Gasteiger partial charge in [0.25, 0.3) is 5.91 Å². The lowest BCUT2D eigenvalue weighted by Crippen LogP contribution is -2.28. The Kier molecular flexibility index (Phi) is 6.50. The van der Waals surface area contributed by atoms with Crippen LogP contribution in [0, 0.1) is 11.7 Å². The van der Waals surface area contributed by atoms with Crippen LogP contribution in [0.4, 0.5) is 17.6 Å². The number of nitrogens with zero attached hydrogens (tertiary/aromatic N) is 2. The van der Waals surface area contributed by atoms with Crippen LogP contribution in [0.25, 0.3) is 16.5 Å². The molecule has 0 spiro atoms. The van der Waals surface area contributed by atoms with E-state index in [2.05, 4.69) is 5.10 Å². The predicted octanol–water partition coefficient (Wildman–Crippen LogP) is 5.46. The average molecular weight is 509 g/mol. The number of aromatic nitrogens is 2. The Hall–Kier alpha value is -3.53. The number of hydrogen-bond donors (Lipinski definition) is 0. The molecule has 3 aromatic rings. The molecule has 0 saturated heterocycles. The normalized spacial score (nSPS) is 16.3. The molecule has 1 aliphatic rings. The quantitative estimate of drug-likeness (QED) is 0.266. The Bertz CT molecular complexity index is 1390. The first kappa shape index (κ1) is 24.6. The number of hydrogen-bond acceptors (Lipinski definition) is 5. The van der Waals surface area contributed by atoms with Gasteiger partial charge in [-0.3, -0.25) is 14.4 Å². The molecule has 1 heterocycles. The van der Waals surface area contributed by atoms with Gasteiger partial charge in [-0.05, 0) is 43.2 Å². The number of ketones is 1. The largest absolute Gasteiger partial charge is 0.465 e. The fourth-order valence-corrected chi connectivity index (χ4v) is 4.27. The molecule has 0 aliphatic heterocycles. The summed E-state index contributed by atoms with van der Waals surface area (Å²) in [7, 11) is 0. The molecule has 1 unspecified atom stereocenters. The van der Waals surface area contributed by atoms with Crippen LogP contribution < -0.4 is 0 Å². The van der Waals surface area contributed by atoms with E-state index in [-0.39, 0.29) is 41.6 Å². The molecule has 182 valence electrons. The summed E-state index contributed by atoms with van der Waals surface area (Å²) in [5.41, 5.74) is -2.03. The number of halogens is 5. The van der Waals surface area contributed by atoms with E-state index >= 15 is 0 Å². The van der Waals surface area contributed by atoms with E-state index in [9.17, 15) is 31.9 Å². The molecule has 0 N–H and O–H groups in total. The minimum absolute atomic E-state index is 0.0213. The number of esters is 1. The van der Waals surface area contributed by atoms with Crippen molar-refractivity contribution in [3.05, 3.63) is 70.1 Å². The summed E-state index contributed by atoms with van der Waals surface area (Å²) >= 11 is 5.97. The zero-order chi connectivity index (χ0) is 25.5. The van der Waals surface area contributed by atoms with Crippen molar-refractivity contribution in [3.8, 4) is 0 Å². The van der Waals surface area contributed by atoms with Crippen LogP contribution in [-0.4, -0.2) is 34.0 Å². The summed E-state index contributed by atoms with van der Waals surface area (Å²) in [6, 6.07) is 6.61. The maximum absolute atomic E-state index is 14.9. The van der Waals surface area contributed by atoms with Crippen molar-refractivity contribution in [2.24, 2.45) is 5.92 Å². The number of ether oxygens (including phenoxy) is 1. The van der Waals surface area contributed by atoms with E-state index in [1.54, 1.807) is 6.92 Å². The van der Waals surface area contributed by atoms with Crippen LogP contribution in [0.15, 0.2) is 42.5 Å². The highest BCUT2D eigenvalue weighted by molar-refractivity contribution is 6.34. The molecule has 0 radical (unpaired) electrons. The van der Waals surface area contributed by atoms with Gasteiger partial charge >= 0.3 is 12.1 Å². The van der Waals surface area contributed by atoms with Gasteiger partial charge in [0.1, 0.15) is 11.7 Å². The molecule has 1 atom stereocenters. The van der Waals surface area contributed by atoms with Crippen LogP contribution >= 0.6 is 11.6 Å². The van der Waals surface area contributed by atoms with Crippen LogP contribution in [0.1, 0.15) is 41.4 Å². The molecular weight excluding hydrogens is 492 g/mol. The minimum Gasteiger partial charge on any atom is -0.465 e. The van der Waals surface area contributed by atoms with Gasteiger partial charge in [0, 0.05) is 6.42 Å². The zero-order valence-electron chi connectivity index (χ0n) is 18.2. The maximum Gasteiger partial charge on any atom is 0.417 e. The second-order valence-electron chi connectivity index (χ2n) is 7.77. The summed E-state index contributed by atoms with van der Waals surface area (Å²) < 4.78 is 61.2. The second-order valence-corrected chi connectivity index (χ2v) is 8.18. The third-order valence-electron chi connectivity index (χ3n) is 5.61. The standard InChI is InChI=1S/C24H17ClF4N2O4/c1-2-35-23(34)13-10-9-12(11-18(13)32)21-20-16(26)7-4-8-17(20)31(30-21)22(33)19-14(24(27,28)29)5-3-6-15(19)25/h3-9,13H,2,10-11H2,1H3. The van der Waals surface area contributed by atoms with Gasteiger partial charge in [0.15, 0.2) is 5.78 Å². The molecule has 0 saturated carbocycles. The number of rotatable bonds is 4. The lowest BCUT2D eigenvalue weighted by molar-refractivity contribution is -0.151. The topological polar surface area (TPSA) is 78.3 Å². The highest BCUT2D eigenvalue weighted by Gasteiger charge is 2.38. The van der Waals surface area contributed by atoms with Gasteiger partial charge in [-0.15, -0.1) is 0 Å². The Morgan fingerprint density at radius 1 is 1.20 bits per heavy atom. The van der Waals surface area contributed by atoms with E-state index in [1.165, 1.54) is 18.2 Å². The molecule has 11 heteroatoms. The third kappa shape index (κ3) is 4.45. The van der Waals surface area contributed by atoms with E-state index in [4.69, 9.17) is 16.3 Å². The van der Waals surface area contributed by atoms with Crippen molar-refractivity contribution in [3.63, 3.8) is 0 Å². The molecule has 2 aromatic carbocycles. The number of allylic oxidation sites excluding steroid dienone is 2. The van der Waals surface area contributed by atoms with Crippen molar-refractivity contribution < 1.29 is 36.7 Å². The van der Waals surface area contributed by atoms with Gasteiger partial charge in [0.2, 0.25) is 0 Å². The number of Topliss-reactive ketones (excluding diaryl/α,β-unsaturated/α-hetero) is 1. The highest BCUT2D eigenvalue weighted by atomic mass is 35.5. The van der Waals surface area contributed by atoms with Gasteiger partial charge < -0.3 is 4.74 Å². The molecule has 35 heavy (non-hydrogen) atoms. The van der Waals surface area contributed by atoms with Crippen molar-refractivity contribution in [1.29, 1.82) is 0 Å². The highest BCUT2D eigenvalue weighted by Crippen LogP contribution is 2.37. The van der Waals surface area contributed by atoms with E-state index in [0.29, 0.717) is 10.7 Å². The lowest BCUT2D eigenvalue weighted by Gasteiger charge is -2.18. The second kappa shape index (κ2) is 9.26. The summed E-state index contributed by atoms with van der Waals surface area (Å²) in [4.78, 5) is 37.9. The predicted molar refractivity (Wildman–Crippen MR) is 118 cm³/mol. The van der Waals surface area contributed by atoms with Crippen molar-refractivity contribution >= 4 is 45.7 Å². The fourth-order valence-electron chi connectivity index (χ4n) is 4.02. The fraction of sp³-hybridized carbons (Fsp3) is 0.250. The number of carbonyl (C=O) groups is 3. The summed E-state index contributed by atoms with van der Waals surface area (Å²) in [6.45, 7) is 1.71. The first-order valence-corrected chi connectivity index (χ1v) is 10.9. The first-order valence-electron chi connectivity index (χ1n) is 10.5. The van der Waals surface area contributed by atoms with Crippen molar-refractivity contribution in [2.45, 2.75) is 25.9 Å². The average Bonchev–Trinajstić information content (AvgIpc) is 3.19. The molecule has 0 fully saturated rings. The summed E-state index contributed by atoms with van der Waals surface area (Å²) in [5, 5.41) is 3.53. The first-order chi connectivity index (χ1) is 16.5. The molecule has 1 aliphatic carbocycles. The van der Waals surface area contributed by atoms with E-state index in [1.807, 2.05) is 0 Å². The smallest absolute Gasteiger partial charge is 0.417 e. The Morgan fingerprint density at radius 3 is 2.57 bits per heavy atom. The monoisotopic (exact) mass is 508 g/mol. The minimum atomic E-state index is -4.88. The van der Waals surface area contributed by atoms with Gasteiger partial charge in [-0.25, -0.2) is 4.39 Å². The zero-order valence-corrected chi connectivity index (χ0v) is 18.9. The SMILES string of the molecule is CCOC(=O)C1CC=C(c2nn(C(=O)c3c(Cl)cccc3C(F)(F)F)c3cccc(F)c23)CC1=O. The molecule has 0 amide bonds.